The van der Waals surface area contributed by atoms with Gasteiger partial charge in [-0.25, -0.2) is 0 Å². The molecule has 16 heavy (non-hydrogen) atoms. The number of thioether (sulfide) groups is 1. The quantitative estimate of drug-likeness (QED) is 0.614. The highest BCUT2D eigenvalue weighted by Crippen LogP contribution is 2.38. The van der Waals surface area contributed by atoms with Crippen LogP contribution in [0.15, 0.2) is 18.2 Å². The first-order chi connectivity index (χ1) is 7.58. The zero-order chi connectivity index (χ0) is 11.7. The second-order valence-corrected chi connectivity index (χ2v) is 4.65. The van der Waals surface area contributed by atoms with Gasteiger partial charge in [0.2, 0.25) is 0 Å². The Morgan fingerprint density at radius 3 is 2.75 bits per heavy atom. The fraction of sp³-hybridized carbons (Fsp3) is 0.300. The van der Waals surface area contributed by atoms with Gasteiger partial charge in [-0.05, 0) is 12.1 Å². The van der Waals surface area contributed by atoms with Crippen LogP contribution in [0.1, 0.15) is 10.9 Å². The monoisotopic (exact) mass is 241 g/mol. The summed E-state index contributed by atoms with van der Waals surface area (Å²) in [7, 11) is 0. The smallest absolute Gasteiger partial charge is 0.321 e. The van der Waals surface area contributed by atoms with Crippen LogP contribution in [0.25, 0.3) is 0 Å². The van der Waals surface area contributed by atoms with Crippen molar-refractivity contribution < 1.29 is 20.1 Å². The van der Waals surface area contributed by atoms with E-state index in [0.717, 1.165) is 0 Å². The fourth-order valence-electron chi connectivity index (χ4n) is 1.55. The third-order valence-electron chi connectivity index (χ3n) is 2.38. The van der Waals surface area contributed by atoms with Crippen molar-refractivity contribution in [3.8, 4) is 11.5 Å². The lowest BCUT2D eigenvalue weighted by atomic mass is 10.2. The van der Waals surface area contributed by atoms with E-state index in [1.807, 2.05) is 0 Å². The number of aliphatic carboxylic acids is 1. The Bertz CT molecular complexity index is 423. The molecule has 0 aromatic heterocycles. The molecule has 2 atom stereocenters. The van der Waals surface area contributed by atoms with Gasteiger partial charge in [-0.1, -0.05) is 0 Å². The summed E-state index contributed by atoms with van der Waals surface area (Å²) in [5, 5.41) is 30.2. The topological polar surface area (TPSA) is 89.8 Å². The van der Waals surface area contributed by atoms with Crippen molar-refractivity contribution in [3.05, 3.63) is 23.8 Å². The maximum atomic E-state index is 10.7. The summed E-state index contributed by atoms with van der Waals surface area (Å²) in [6, 6.07) is 3.69. The van der Waals surface area contributed by atoms with E-state index >= 15 is 0 Å². The highest BCUT2D eigenvalue weighted by Gasteiger charge is 2.31. The van der Waals surface area contributed by atoms with Gasteiger partial charge in [-0.3, -0.25) is 10.1 Å². The first kappa shape index (κ1) is 11.1. The SMILES string of the molecule is O=C(O)[C@@H]1CS[C@@H](c2ccc(O)cc2O)N1. The molecule has 6 heteroatoms. The van der Waals surface area contributed by atoms with E-state index in [9.17, 15) is 9.90 Å². The minimum atomic E-state index is -0.895. The van der Waals surface area contributed by atoms with Crippen molar-refractivity contribution in [2.45, 2.75) is 11.4 Å². The van der Waals surface area contributed by atoms with Crippen molar-refractivity contribution in [1.82, 2.24) is 5.32 Å². The predicted octanol–water partition coefficient (Wildman–Crippen LogP) is 0.886. The highest BCUT2D eigenvalue weighted by molar-refractivity contribution is 7.99. The maximum Gasteiger partial charge on any atom is 0.321 e. The summed E-state index contributed by atoms with van der Waals surface area (Å²) in [5.41, 5.74) is 0.589. The van der Waals surface area contributed by atoms with Crippen LogP contribution in [0, 0.1) is 0 Å². The maximum absolute atomic E-state index is 10.7. The van der Waals surface area contributed by atoms with Gasteiger partial charge >= 0.3 is 5.97 Å². The van der Waals surface area contributed by atoms with Crippen LogP contribution < -0.4 is 5.32 Å². The molecule has 86 valence electrons. The van der Waals surface area contributed by atoms with Crippen molar-refractivity contribution in [2.75, 3.05) is 5.75 Å². The number of aromatic hydroxyl groups is 2. The average molecular weight is 241 g/mol. The largest absolute Gasteiger partial charge is 0.508 e. The van der Waals surface area contributed by atoms with Crippen LogP contribution in [0.3, 0.4) is 0 Å². The van der Waals surface area contributed by atoms with Crippen molar-refractivity contribution >= 4 is 17.7 Å². The minimum absolute atomic E-state index is 0.0148. The molecule has 1 aromatic rings. The van der Waals surface area contributed by atoms with E-state index in [0.29, 0.717) is 11.3 Å². The van der Waals surface area contributed by atoms with Gasteiger partial charge in [0.15, 0.2) is 0 Å². The number of phenolic OH excluding ortho intramolecular Hbond substituents is 2. The molecule has 1 heterocycles. The Hall–Kier alpha value is -1.40. The van der Waals surface area contributed by atoms with Crippen molar-refractivity contribution in [1.29, 1.82) is 0 Å². The summed E-state index contributed by atoms with van der Waals surface area (Å²) in [5.74, 6) is -0.483. The number of nitrogens with one attached hydrogen (secondary N) is 1. The Kier molecular flexibility index (Phi) is 2.93. The van der Waals surface area contributed by atoms with E-state index in [-0.39, 0.29) is 16.9 Å². The van der Waals surface area contributed by atoms with Crippen LogP contribution >= 0.6 is 11.8 Å². The number of benzene rings is 1. The minimum Gasteiger partial charge on any atom is -0.508 e. The first-order valence-corrected chi connectivity index (χ1v) is 5.75. The van der Waals surface area contributed by atoms with E-state index in [2.05, 4.69) is 5.32 Å². The van der Waals surface area contributed by atoms with E-state index in [1.54, 1.807) is 6.07 Å². The molecule has 1 saturated heterocycles. The van der Waals surface area contributed by atoms with Crippen molar-refractivity contribution in [3.63, 3.8) is 0 Å². The molecule has 5 nitrogen and oxygen atoms in total. The number of hydrogen-bond acceptors (Lipinski definition) is 5. The van der Waals surface area contributed by atoms with Crippen LogP contribution in [-0.2, 0) is 4.79 Å². The number of rotatable bonds is 2. The van der Waals surface area contributed by atoms with Gasteiger partial charge < -0.3 is 15.3 Å². The Balaban J connectivity index is 2.17. The molecular formula is C10H11NO4S. The number of carboxylic acid groups (broad SMARTS) is 1. The Morgan fingerprint density at radius 1 is 1.44 bits per heavy atom. The molecule has 1 aromatic carbocycles. The van der Waals surface area contributed by atoms with Gasteiger partial charge in [0.1, 0.15) is 17.5 Å². The number of phenols is 2. The standard InChI is InChI=1S/C10H11NO4S/c12-5-1-2-6(8(13)3-5)9-11-7(4-16-9)10(14)15/h1-3,7,9,11-13H,4H2,(H,14,15)/t7-,9-/m0/s1. The number of hydrogen-bond donors (Lipinski definition) is 4. The first-order valence-electron chi connectivity index (χ1n) is 4.70. The molecule has 0 radical (unpaired) electrons. The van der Waals surface area contributed by atoms with Crippen LogP contribution in [0.2, 0.25) is 0 Å². The van der Waals surface area contributed by atoms with Crippen LogP contribution in [0.4, 0.5) is 0 Å². The summed E-state index contributed by atoms with van der Waals surface area (Å²) in [4.78, 5) is 10.7. The third kappa shape index (κ3) is 2.07. The molecule has 0 saturated carbocycles. The molecule has 0 amide bonds. The van der Waals surface area contributed by atoms with Gasteiger partial charge in [0, 0.05) is 17.4 Å². The summed E-state index contributed by atoms with van der Waals surface area (Å²) >= 11 is 1.42. The summed E-state index contributed by atoms with van der Waals surface area (Å²) in [6.45, 7) is 0. The van der Waals surface area contributed by atoms with Gasteiger partial charge in [-0.2, -0.15) is 0 Å². The molecule has 0 unspecified atom stereocenters. The lowest BCUT2D eigenvalue weighted by molar-refractivity contribution is -0.138. The molecule has 1 aliphatic heterocycles. The Morgan fingerprint density at radius 2 is 2.19 bits per heavy atom. The average Bonchev–Trinajstić information content (AvgIpc) is 2.66. The molecule has 0 aliphatic carbocycles. The Labute approximate surface area is 96.1 Å². The molecule has 4 N–H and O–H groups in total. The summed E-state index contributed by atoms with van der Waals surface area (Å²) in [6.07, 6.45) is 0. The van der Waals surface area contributed by atoms with Crippen molar-refractivity contribution in [2.24, 2.45) is 0 Å². The van der Waals surface area contributed by atoms with E-state index < -0.39 is 12.0 Å². The third-order valence-corrected chi connectivity index (χ3v) is 3.63. The van der Waals surface area contributed by atoms with Crippen LogP contribution in [-0.4, -0.2) is 33.1 Å². The predicted molar refractivity (Wildman–Crippen MR) is 59.5 cm³/mol. The zero-order valence-corrected chi connectivity index (χ0v) is 9.07. The fourth-order valence-corrected chi connectivity index (χ4v) is 2.81. The molecule has 0 spiro atoms. The second-order valence-electron chi connectivity index (χ2n) is 3.51. The molecule has 2 rings (SSSR count). The van der Waals surface area contributed by atoms with Gasteiger partial charge in [-0.15, -0.1) is 11.8 Å². The number of carbonyl (C=O) groups is 1. The normalized spacial score (nSPS) is 24.5. The van der Waals surface area contributed by atoms with Gasteiger partial charge in [0.05, 0.1) is 5.37 Å². The van der Waals surface area contributed by atoms with Gasteiger partial charge in [0.25, 0.3) is 0 Å². The molecule has 1 fully saturated rings. The lowest BCUT2D eigenvalue weighted by Gasteiger charge is -2.12. The van der Waals surface area contributed by atoms with E-state index in [4.69, 9.17) is 10.2 Å². The highest BCUT2D eigenvalue weighted by atomic mass is 32.2. The molecule has 0 bridgehead atoms. The lowest BCUT2D eigenvalue weighted by Crippen LogP contribution is -2.33. The molecule has 1 aliphatic rings. The zero-order valence-electron chi connectivity index (χ0n) is 8.25. The van der Waals surface area contributed by atoms with E-state index in [1.165, 1.54) is 23.9 Å². The molecular weight excluding hydrogens is 230 g/mol. The second kappa shape index (κ2) is 4.23. The summed E-state index contributed by atoms with van der Waals surface area (Å²) < 4.78 is 0. The van der Waals surface area contributed by atoms with Crippen LogP contribution in [0.5, 0.6) is 11.5 Å². The number of carboxylic acids is 1.